The number of amides is 2. The SMILES string of the molecule is C#Cc1cc(C)cc(C#C)c1C1C(=O)N2CCOCCN2C1=O. The Morgan fingerprint density at radius 3 is 1.96 bits per heavy atom. The number of terminal acetylenes is 2. The quantitative estimate of drug-likeness (QED) is 0.566. The number of nitrogens with zero attached hydrogens (tertiary/aromatic N) is 2. The topological polar surface area (TPSA) is 49.9 Å². The highest BCUT2D eigenvalue weighted by molar-refractivity contribution is 6.11. The Labute approximate surface area is 135 Å². The van der Waals surface area contributed by atoms with Crippen LogP contribution in [0.2, 0.25) is 0 Å². The highest BCUT2D eigenvalue weighted by Gasteiger charge is 2.48. The second-order valence-corrected chi connectivity index (χ2v) is 5.53. The van der Waals surface area contributed by atoms with Crippen LogP contribution in [0.3, 0.4) is 0 Å². The van der Waals surface area contributed by atoms with E-state index in [9.17, 15) is 9.59 Å². The lowest BCUT2D eigenvalue weighted by molar-refractivity contribution is -0.145. The zero-order chi connectivity index (χ0) is 16.6. The Balaban J connectivity index is 2.13. The number of carbonyl (C=O) groups excluding carboxylic acids is 2. The average Bonchev–Trinajstić information content (AvgIpc) is 2.74. The maximum atomic E-state index is 12.8. The fourth-order valence-corrected chi connectivity index (χ4v) is 3.10. The van der Waals surface area contributed by atoms with Crippen molar-refractivity contribution < 1.29 is 14.3 Å². The molecule has 0 N–H and O–H groups in total. The third kappa shape index (κ3) is 2.36. The van der Waals surface area contributed by atoms with E-state index in [2.05, 4.69) is 11.8 Å². The molecule has 2 saturated heterocycles. The number of hydrazine groups is 1. The summed E-state index contributed by atoms with van der Waals surface area (Å²) in [5, 5.41) is 2.89. The fourth-order valence-electron chi connectivity index (χ4n) is 3.10. The zero-order valence-electron chi connectivity index (χ0n) is 12.8. The van der Waals surface area contributed by atoms with E-state index in [0.29, 0.717) is 43.0 Å². The minimum absolute atomic E-state index is 0.294. The lowest BCUT2D eigenvalue weighted by Crippen LogP contribution is -2.41. The summed E-state index contributed by atoms with van der Waals surface area (Å²) in [5.41, 5.74) is 2.36. The predicted octanol–water partition coefficient (Wildman–Crippen LogP) is 0.657. The van der Waals surface area contributed by atoms with Gasteiger partial charge < -0.3 is 4.74 Å². The van der Waals surface area contributed by atoms with Crippen LogP contribution in [-0.4, -0.2) is 48.1 Å². The normalized spacial score (nSPS) is 18.4. The lowest BCUT2D eigenvalue weighted by Gasteiger charge is -2.23. The minimum Gasteiger partial charge on any atom is -0.378 e. The Bertz CT molecular complexity index is 710. The Morgan fingerprint density at radius 2 is 1.52 bits per heavy atom. The first-order valence-electron chi connectivity index (χ1n) is 7.36. The first-order chi connectivity index (χ1) is 11.1. The molecule has 2 heterocycles. The van der Waals surface area contributed by atoms with Gasteiger partial charge in [-0.3, -0.25) is 9.59 Å². The highest BCUT2D eigenvalue weighted by atomic mass is 16.5. The Hall–Kier alpha value is -2.76. The van der Waals surface area contributed by atoms with Crippen LogP contribution in [0.5, 0.6) is 0 Å². The van der Waals surface area contributed by atoms with Crippen molar-refractivity contribution in [2.75, 3.05) is 26.3 Å². The van der Waals surface area contributed by atoms with Gasteiger partial charge in [0.15, 0.2) is 0 Å². The number of benzene rings is 1. The maximum Gasteiger partial charge on any atom is 0.258 e. The number of aryl methyl sites for hydroxylation is 1. The van der Waals surface area contributed by atoms with E-state index in [-0.39, 0.29) is 11.8 Å². The number of ether oxygens (including phenoxy) is 1. The van der Waals surface area contributed by atoms with Gasteiger partial charge in [-0.15, -0.1) is 12.8 Å². The van der Waals surface area contributed by atoms with Gasteiger partial charge in [-0.1, -0.05) is 11.8 Å². The first-order valence-corrected chi connectivity index (χ1v) is 7.36. The van der Waals surface area contributed by atoms with Gasteiger partial charge in [0, 0.05) is 16.7 Å². The number of carbonyl (C=O) groups is 2. The van der Waals surface area contributed by atoms with Gasteiger partial charge in [-0.25, -0.2) is 10.0 Å². The van der Waals surface area contributed by atoms with Crippen LogP contribution in [-0.2, 0) is 14.3 Å². The summed E-state index contributed by atoms with van der Waals surface area (Å²) < 4.78 is 5.32. The van der Waals surface area contributed by atoms with Crippen LogP contribution in [0.25, 0.3) is 0 Å². The molecule has 1 aromatic carbocycles. The standard InChI is InChI=1S/C18H16N2O3/c1-4-13-10-12(3)11-14(5-2)15(13)16-17(21)19-6-8-23-9-7-20(19)18(16)22/h1-2,10-11,16H,6-9H2,3H3. The average molecular weight is 308 g/mol. The van der Waals surface area contributed by atoms with E-state index in [1.54, 1.807) is 12.1 Å². The van der Waals surface area contributed by atoms with Crippen LogP contribution in [0.1, 0.15) is 28.2 Å². The van der Waals surface area contributed by atoms with E-state index in [1.165, 1.54) is 10.0 Å². The molecule has 0 spiro atoms. The van der Waals surface area contributed by atoms with Crippen molar-refractivity contribution in [2.45, 2.75) is 12.8 Å². The fraction of sp³-hybridized carbons (Fsp3) is 0.333. The summed E-state index contributed by atoms with van der Waals surface area (Å²) in [5.74, 6) is 3.57. The second-order valence-electron chi connectivity index (χ2n) is 5.53. The van der Waals surface area contributed by atoms with Gasteiger partial charge in [0.25, 0.3) is 11.8 Å². The smallest absolute Gasteiger partial charge is 0.258 e. The first kappa shape index (κ1) is 15.1. The minimum atomic E-state index is -0.967. The van der Waals surface area contributed by atoms with Gasteiger partial charge >= 0.3 is 0 Å². The van der Waals surface area contributed by atoms with E-state index >= 15 is 0 Å². The lowest BCUT2D eigenvalue weighted by atomic mass is 9.88. The molecule has 0 saturated carbocycles. The molecule has 23 heavy (non-hydrogen) atoms. The van der Waals surface area contributed by atoms with Crippen LogP contribution in [0.15, 0.2) is 12.1 Å². The third-order valence-electron chi connectivity index (χ3n) is 4.11. The summed E-state index contributed by atoms with van der Waals surface area (Å²) in [7, 11) is 0. The monoisotopic (exact) mass is 308 g/mol. The molecule has 0 atom stereocenters. The third-order valence-corrected chi connectivity index (χ3v) is 4.11. The number of hydrogen-bond acceptors (Lipinski definition) is 3. The molecule has 1 aromatic rings. The van der Waals surface area contributed by atoms with E-state index in [1.807, 2.05) is 6.92 Å². The molecule has 2 fully saturated rings. The summed E-state index contributed by atoms with van der Waals surface area (Å²) in [4.78, 5) is 25.6. The largest absolute Gasteiger partial charge is 0.378 e. The van der Waals surface area contributed by atoms with Crippen molar-refractivity contribution >= 4 is 11.8 Å². The molecule has 2 aliphatic rings. The maximum absolute atomic E-state index is 12.8. The van der Waals surface area contributed by atoms with E-state index in [4.69, 9.17) is 17.6 Å². The Morgan fingerprint density at radius 1 is 1.04 bits per heavy atom. The number of rotatable bonds is 1. The van der Waals surface area contributed by atoms with Gasteiger partial charge in [-0.05, 0) is 24.6 Å². The van der Waals surface area contributed by atoms with E-state index < -0.39 is 5.92 Å². The molecular weight excluding hydrogens is 292 g/mol. The van der Waals surface area contributed by atoms with Crippen molar-refractivity contribution in [3.8, 4) is 24.7 Å². The molecule has 0 radical (unpaired) electrons. The number of fused-ring (bicyclic) bond motifs is 1. The molecule has 0 unspecified atom stereocenters. The van der Waals surface area contributed by atoms with Crippen LogP contribution < -0.4 is 0 Å². The van der Waals surface area contributed by atoms with Crippen molar-refractivity contribution in [2.24, 2.45) is 0 Å². The molecule has 0 bridgehead atoms. The van der Waals surface area contributed by atoms with Gasteiger partial charge in [0.05, 0.1) is 26.3 Å². The molecule has 116 valence electrons. The molecule has 0 aliphatic carbocycles. The van der Waals surface area contributed by atoms with Crippen LogP contribution >= 0.6 is 0 Å². The molecule has 2 aliphatic heterocycles. The van der Waals surface area contributed by atoms with Crippen molar-refractivity contribution in [3.63, 3.8) is 0 Å². The van der Waals surface area contributed by atoms with Crippen molar-refractivity contribution in [1.29, 1.82) is 0 Å². The number of hydrogen-bond donors (Lipinski definition) is 0. The molecule has 0 aromatic heterocycles. The molecule has 3 rings (SSSR count). The second kappa shape index (κ2) is 5.79. The molecule has 2 amide bonds. The molecule has 5 nitrogen and oxygen atoms in total. The Kier molecular flexibility index (Phi) is 3.82. The molecule has 5 heteroatoms. The highest BCUT2D eigenvalue weighted by Crippen LogP contribution is 2.34. The van der Waals surface area contributed by atoms with Gasteiger partial charge in [0.1, 0.15) is 5.92 Å². The van der Waals surface area contributed by atoms with Gasteiger partial charge in [-0.2, -0.15) is 0 Å². The summed E-state index contributed by atoms with van der Waals surface area (Å²) in [6, 6.07) is 3.55. The molecular formula is C18H16N2O3. The van der Waals surface area contributed by atoms with Crippen LogP contribution in [0, 0.1) is 31.6 Å². The predicted molar refractivity (Wildman–Crippen MR) is 84.0 cm³/mol. The van der Waals surface area contributed by atoms with Crippen molar-refractivity contribution in [3.05, 3.63) is 34.4 Å². The summed E-state index contributed by atoms with van der Waals surface area (Å²) >= 11 is 0. The summed E-state index contributed by atoms with van der Waals surface area (Å²) in [6.45, 7) is 3.38. The van der Waals surface area contributed by atoms with Gasteiger partial charge in [0.2, 0.25) is 0 Å². The van der Waals surface area contributed by atoms with E-state index in [0.717, 1.165) is 5.56 Å². The summed E-state index contributed by atoms with van der Waals surface area (Å²) in [6.07, 6.45) is 11.2. The van der Waals surface area contributed by atoms with Crippen LogP contribution in [0.4, 0.5) is 0 Å². The zero-order valence-corrected chi connectivity index (χ0v) is 12.8. The van der Waals surface area contributed by atoms with Crippen molar-refractivity contribution in [1.82, 2.24) is 10.0 Å².